The number of carbonyl (C=O) groups excluding carboxylic acids is 3. The molecule has 1 aromatic heterocycles. The van der Waals surface area contributed by atoms with Gasteiger partial charge in [0, 0.05) is 0 Å². The first-order chi connectivity index (χ1) is 14.5. The van der Waals surface area contributed by atoms with Crippen LogP contribution in [0.3, 0.4) is 0 Å². The topological polar surface area (TPSA) is 105 Å². The van der Waals surface area contributed by atoms with E-state index in [9.17, 15) is 14.4 Å². The number of anilines is 1. The molecule has 1 atom stereocenters. The maximum Gasteiger partial charge on any atom is 0.349 e. The Labute approximate surface area is 186 Å². The van der Waals surface area contributed by atoms with Crippen molar-refractivity contribution in [3.05, 3.63) is 51.4 Å². The minimum Gasteiger partial charge on any atom is -0.465 e. The lowest BCUT2D eigenvalue weighted by Crippen LogP contribution is -2.23. The van der Waals surface area contributed by atoms with E-state index in [-0.39, 0.29) is 21.3 Å². The largest absolute Gasteiger partial charge is 0.465 e. The molecule has 0 spiro atoms. The molecule has 2 aromatic rings. The summed E-state index contributed by atoms with van der Waals surface area (Å²) in [5, 5.41) is 12.0. The summed E-state index contributed by atoms with van der Waals surface area (Å²) in [5.74, 6) is -2.04. The fourth-order valence-corrected chi connectivity index (χ4v) is 4.10. The number of nitriles is 1. The van der Waals surface area contributed by atoms with Crippen LogP contribution in [0.5, 0.6) is 0 Å². The van der Waals surface area contributed by atoms with E-state index in [2.05, 4.69) is 5.32 Å². The molecule has 164 valence electrons. The molecule has 31 heavy (non-hydrogen) atoms. The van der Waals surface area contributed by atoms with E-state index in [1.54, 1.807) is 52.0 Å². The molecule has 0 aliphatic carbocycles. The molecule has 8 heteroatoms. The number of thiophene rings is 1. The Hall–Kier alpha value is -3.18. The highest BCUT2D eigenvalue weighted by Gasteiger charge is 2.30. The van der Waals surface area contributed by atoms with E-state index in [0.717, 1.165) is 16.9 Å². The molecule has 1 unspecified atom stereocenters. The number of esters is 2. The maximum absolute atomic E-state index is 13.0. The Morgan fingerprint density at radius 2 is 1.77 bits per heavy atom. The summed E-state index contributed by atoms with van der Waals surface area (Å²) in [4.78, 5) is 38.3. The van der Waals surface area contributed by atoms with Gasteiger partial charge < -0.3 is 14.8 Å². The minimum atomic E-state index is -0.703. The Balaban J connectivity index is 2.40. The van der Waals surface area contributed by atoms with Crippen molar-refractivity contribution in [3.63, 3.8) is 0 Å². The second-order valence-corrected chi connectivity index (χ2v) is 8.96. The molecule has 0 bridgehead atoms. The van der Waals surface area contributed by atoms with Crippen LogP contribution in [0.1, 0.15) is 76.8 Å². The van der Waals surface area contributed by atoms with Gasteiger partial charge in [0.25, 0.3) is 0 Å². The predicted molar refractivity (Wildman–Crippen MR) is 118 cm³/mol. The molecule has 1 aromatic carbocycles. The Bertz CT molecular complexity index is 1030. The molecule has 0 fully saturated rings. The number of methoxy groups -OCH3 is 1. The second kappa shape index (κ2) is 9.75. The van der Waals surface area contributed by atoms with Gasteiger partial charge in [-0.15, -0.1) is 11.3 Å². The SMILES string of the molecule is CCC(C(=O)Nc1sc(C(=O)OC(C)(C)C)c(C)c1C(=O)OC)c1ccc(C#N)cc1. The predicted octanol–water partition coefficient (Wildman–Crippen LogP) is 4.80. The highest BCUT2D eigenvalue weighted by atomic mass is 32.1. The van der Waals surface area contributed by atoms with Gasteiger partial charge in [0.15, 0.2) is 0 Å². The van der Waals surface area contributed by atoms with Crippen LogP contribution in [-0.4, -0.2) is 30.6 Å². The zero-order valence-corrected chi connectivity index (χ0v) is 19.3. The monoisotopic (exact) mass is 442 g/mol. The zero-order chi connectivity index (χ0) is 23.3. The molecular weight excluding hydrogens is 416 g/mol. The van der Waals surface area contributed by atoms with Crippen molar-refractivity contribution >= 4 is 34.2 Å². The van der Waals surface area contributed by atoms with Crippen molar-refractivity contribution in [3.8, 4) is 6.07 Å². The van der Waals surface area contributed by atoms with Gasteiger partial charge in [0.2, 0.25) is 5.91 Å². The summed E-state index contributed by atoms with van der Waals surface area (Å²) in [6.07, 6.45) is 0.509. The Morgan fingerprint density at radius 3 is 2.26 bits per heavy atom. The van der Waals surface area contributed by atoms with E-state index in [4.69, 9.17) is 14.7 Å². The van der Waals surface area contributed by atoms with Crippen LogP contribution in [0.25, 0.3) is 0 Å². The Kier molecular flexibility index (Phi) is 7.58. The van der Waals surface area contributed by atoms with E-state index in [1.165, 1.54) is 7.11 Å². The number of benzene rings is 1. The average Bonchev–Trinajstić information content (AvgIpc) is 3.03. The summed E-state index contributed by atoms with van der Waals surface area (Å²) >= 11 is 0.986. The number of hydrogen-bond donors (Lipinski definition) is 1. The van der Waals surface area contributed by atoms with Gasteiger partial charge in [-0.05, 0) is 57.4 Å². The lowest BCUT2D eigenvalue weighted by molar-refractivity contribution is -0.117. The fourth-order valence-electron chi connectivity index (χ4n) is 3.03. The lowest BCUT2D eigenvalue weighted by Gasteiger charge is -2.19. The van der Waals surface area contributed by atoms with Gasteiger partial charge in [-0.25, -0.2) is 9.59 Å². The molecule has 1 N–H and O–H groups in total. The standard InChI is InChI=1S/C23H26N2O5S/c1-7-16(15-10-8-14(12-24)9-11-15)19(26)25-20-17(21(27)29-6)13(2)18(31-20)22(28)30-23(3,4)5/h8-11,16H,7H2,1-6H3,(H,25,26). The third-order valence-corrected chi connectivity index (χ3v) is 5.71. The van der Waals surface area contributed by atoms with Gasteiger partial charge in [-0.3, -0.25) is 4.79 Å². The number of rotatable bonds is 6. The van der Waals surface area contributed by atoms with Crippen molar-refractivity contribution in [1.82, 2.24) is 0 Å². The van der Waals surface area contributed by atoms with Crippen LogP contribution in [0, 0.1) is 18.3 Å². The molecular formula is C23H26N2O5S. The van der Waals surface area contributed by atoms with Crippen LogP contribution in [-0.2, 0) is 14.3 Å². The molecule has 2 rings (SSSR count). The highest BCUT2D eigenvalue weighted by molar-refractivity contribution is 7.18. The summed E-state index contributed by atoms with van der Waals surface area (Å²) in [6, 6.07) is 8.83. The number of nitrogens with one attached hydrogen (secondary N) is 1. The molecule has 0 aliphatic rings. The van der Waals surface area contributed by atoms with E-state index in [0.29, 0.717) is 17.5 Å². The van der Waals surface area contributed by atoms with Crippen LogP contribution < -0.4 is 5.32 Å². The summed E-state index contributed by atoms with van der Waals surface area (Å²) < 4.78 is 10.3. The average molecular weight is 443 g/mol. The normalized spacial score (nSPS) is 11.9. The van der Waals surface area contributed by atoms with Gasteiger partial charge in [0.05, 0.1) is 30.2 Å². The first-order valence-electron chi connectivity index (χ1n) is 9.78. The molecule has 0 saturated carbocycles. The second-order valence-electron chi connectivity index (χ2n) is 7.94. The highest BCUT2D eigenvalue weighted by Crippen LogP contribution is 2.36. The molecule has 1 heterocycles. The summed E-state index contributed by atoms with van der Waals surface area (Å²) in [6.45, 7) is 8.74. The Morgan fingerprint density at radius 1 is 1.16 bits per heavy atom. The number of amides is 1. The van der Waals surface area contributed by atoms with E-state index >= 15 is 0 Å². The number of carbonyl (C=O) groups is 3. The number of ether oxygens (including phenoxy) is 2. The van der Waals surface area contributed by atoms with Crippen LogP contribution in [0.15, 0.2) is 24.3 Å². The van der Waals surface area contributed by atoms with Gasteiger partial charge >= 0.3 is 11.9 Å². The first-order valence-corrected chi connectivity index (χ1v) is 10.6. The smallest absolute Gasteiger partial charge is 0.349 e. The third kappa shape index (κ3) is 5.70. The summed E-state index contributed by atoms with van der Waals surface area (Å²) in [7, 11) is 1.24. The zero-order valence-electron chi connectivity index (χ0n) is 18.5. The van der Waals surface area contributed by atoms with E-state index in [1.807, 2.05) is 13.0 Å². The van der Waals surface area contributed by atoms with Crippen molar-refractivity contribution in [2.75, 3.05) is 12.4 Å². The van der Waals surface area contributed by atoms with Crippen molar-refractivity contribution in [2.45, 2.75) is 52.6 Å². The molecule has 0 aliphatic heterocycles. The van der Waals surface area contributed by atoms with Gasteiger partial charge in [0.1, 0.15) is 15.5 Å². The molecule has 0 radical (unpaired) electrons. The third-order valence-electron chi connectivity index (χ3n) is 4.52. The minimum absolute atomic E-state index is 0.136. The van der Waals surface area contributed by atoms with Gasteiger partial charge in [-0.2, -0.15) is 5.26 Å². The van der Waals surface area contributed by atoms with Crippen LogP contribution in [0.2, 0.25) is 0 Å². The number of nitrogens with zero attached hydrogens (tertiary/aromatic N) is 1. The van der Waals surface area contributed by atoms with Crippen molar-refractivity contribution in [2.24, 2.45) is 0 Å². The van der Waals surface area contributed by atoms with Crippen LogP contribution in [0.4, 0.5) is 5.00 Å². The molecule has 7 nitrogen and oxygen atoms in total. The maximum atomic E-state index is 13.0. The van der Waals surface area contributed by atoms with Crippen LogP contribution >= 0.6 is 11.3 Å². The summed E-state index contributed by atoms with van der Waals surface area (Å²) in [5.41, 5.74) is 1.08. The first kappa shape index (κ1) is 24.1. The van der Waals surface area contributed by atoms with Crippen molar-refractivity contribution in [1.29, 1.82) is 5.26 Å². The van der Waals surface area contributed by atoms with Gasteiger partial charge in [-0.1, -0.05) is 19.1 Å². The lowest BCUT2D eigenvalue weighted by atomic mass is 9.95. The number of hydrogen-bond acceptors (Lipinski definition) is 7. The quantitative estimate of drug-likeness (QED) is 0.644. The molecule has 0 saturated heterocycles. The van der Waals surface area contributed by atoms with E-state index < -0.39 is 23.5 Å². The molecule has 1 amide bonds. The fraction of sp³-hybridized carbons (Fsp3) is 0.391. The van der Waals surface area contributed by atoms with Crippen molar-refractivity contribution < 1.29 is 23.9 Å².